The molecule has 2 aromatic rings. The standard InChI is InChI=1S/C11H14N4O/c1-6-5-8(15-13)7-3-4-9(16-2)10(12)11(7)14-6/h3-5H,12-13H2,1-2H3,(H,14,15). The monoisotopic (exact) mass is 218 g/mol. The summed E-state index contributed by atoms with van der Waals surface area (Å²) in [6, 6.07) is 5.55. The van der Waals surface area contributed by atoms with Gasteiger partial charge in [-0.2, -0.15) is 0 Å². The number of hydrogen-bond acceptors (Lipinski definition) is 5. The van der Waals surface area contributed by atoms with Crippen LogP contribution in [0, 0.1) is 6.92 Å². The number of pyridine rings is 1. The average Bonchev–Trinajstić information content (AvgIpc) is 2.29. The highest BCUT2D eigenvalue weighted by Crippen LogP contribution is 2.32. The molecule has 0 aliphatic carbocycles. The second-order valence-corrected chi connectivity index (χ2v) is 3.53. The Kier molecular flexibility index (Phi) is 2.54. The molecule has 0 fully saturated rings. The zero-order chi connectivity index (χ0) is 11.7. The lowest BCUT2D eigenvalue weighted by atomic mass is 10.1. The third-order valence-electron chi connectivity index (χ3n) is 2.48. The minimum atomic E-state index is 0.528. The number of fused-ring (bicyclic) bond motifs is 1. The second kappa shape index (κ2) is 3.86. The molecule has 0 unspecified atom stereocenters. The van der Waals surface area contributed by atoms with Crippen molar-refractivity contribution in [1.29, 1.82) is 0 Å². The maximum absolute atomic E-state index is 5.97. The Labute approximate surface area is 93.4 Å². The summed E-state index contributed by atoms with van der Waals surface area (Å²) in [5.41, 5.74) is 11.5. The van der Waals surface area contributed by atoms with Crippen LogP contribution in [-0.4, -0.2) is 12.1 Å². The van der Waals surface area contributed by atoms with E-state index in [4.69, 9.17) is 16.3 Å². The molecule has 0 saturated carbocycles. The summed E-state index contributed by atoms with van der Waals surface area (Å²) in [5, 5.41) is 0.881. The number of hydrogen-bond donors (Lipinski definition) is 3. The summed E-state index contributed by atoms with van der Waals surface area (Å²) in [7, 11) is 1.58. The van der Waals surface area contributed by atoms with Crippen LogP contribution in [0.15, 0.2) is 18.2 Å². The molecular formula is C11H14N4O. The molecule has 2 rings (SSSR count). The molecule has 1 aromatic heterocycles. The van der Waals surface area contributed by atoms with Crippen LogP contribution < -0.4 is 21.7 Å². The first-order valence-corrected chi connectivity index (χ1v) is 4.87. The fraction of sp³-hybridized carbons (Fsp3) is 0.182. The van der Waals surface area contributed by atoms with Gasteiger partial charge in [-0.1, -0.05) is 0 Å². The Bertz CT molecular complexity index is 539. The Morgan fingerprint density at radius 2 is 2.12 bits per heavy atom. The zero-order valence-corrected chi connectivity index (χ0v) is 9.24. The van der Waals surface area contributed by atoms with E-state index in [1.807, 2.05) is 19.1 Å². The van der Waals surface area contributed by atoms with Crippen molar-refractivity contribution in [3.63, 3.8) is 0 Å². The number of anilines is 2. The topological polar surface area (TPSA) is 86.2 Å². The van der Waals surface area contributed by atoms with E-state index in [1.54, 1.807) is 13.2 Å². The molecule has 0 amide bonds. The Balaban J connectivity index is 2.83. The highest BCUT2D eigenvalue weighted by atomic mass is 16.5. The van der Waals surface area contributed by atoms with Crippen LogP contribution in [0.2, 0.25) is 0 Å². The number of nitrogens with one attached hydrogen (secondary N) is 1. The van der Waals surface area contributed by atoms with Crippen LogP contribution in [0.4, 0.5) is 11.4 Å². The largest absolute Gasteiger partial charge is 0.495 e. The molecule has 1 aromatic carbocycles. The van der Waals surface area contributed by atoms with Gasteiger partial charge in [0.2, 0.25) is 0 Å². The number of nitrogens with two attached hydrogens (primary N) is 2. The predicted molar refractivity (Wildman–Crippen MR) is 65.3 cm³/mol. The highest BCUT2D eigenvalue weighted by molar-refractivity contribution is 6.00. The lowest BCUT2D eigenvalue weighted by Crippen LogP contribution is -2.08. The molecule has 1 heterocycles. The van der Waals surface area contributed by atoms with Crippen LogP contribution in [0.1, 0.15) is 5.69 Å². The van der Waals surface area contributed by atoms with E-state index in [-0.39, 0.29) is 0 Å². The van der Waals surface area contributed by atoms with Gasteiger partial charge >= 0.3 is 0 Å². The van der Waals surface area contributed by atoms with Crippen molar-refractivity contribution in [2.75, 3.05) is 18.3 Å². The van der Waals surface area contributed by atoms with Gasteiger partial charge in [0.25, 0.3) is 0 Å². The molecule has 5 heteroatoms. The maximum Gasteiger partial charge on any atom is 0.144 e. The van der Waals surface area contributed by atoms with E-state index in [2.05, 4.69) is 10.4 Å². The number of methoxy groups -OCH3 is 1. The summed E-state index contributed by atoms with van der Waals surface area (Å²) in [6.45, 7) is 1.89. The quantitative estimate of drug-likeness (QED) is 0.403. The Hall–Kier alpha value is -2.01. The lowest BCUT2D eigenvalue weighted by molar-refractivity contribution is 0.417. The normalized spacial score (nSPS) is 10.4. The van der Waals surface area contributed by atoms with Crippen LogP contribution in [0.5, 0.6) is 5.75 Å². The molecular weight excluding hydrogens is 204 g/mol. The summed E-state index contributed by atoms with van der Waals surface area (Å²) >= 11 is 0. The molecule has 0 spiro atoms. The first-order chi connectivity index (χ1) is 7.67. The molecule has 0 atom stereocenters. The molecule has 16 heavy (non-hydrogen) atoms. The zero-order valence-electron chi connectivity index (χ0n) is 9.24. The Morgan fingerprint density at radius 1 is 1.38 bits per heavy atom. The Morgan fingerprint density at radius 3 is 2.75 bits per heavy atom. The van der Waals surface area contributed by atoms with Gasteiger partial charge in [-0.15, -0.1) is 0 Å². The van der Waals surface area contributed by atoms with Gasteiger partial charge in [0.05, 0.1) is 18.3 Å². The lowest BCUT2D eigenvalue weighted by Gasteiger charge is -2.11. The van der Waals surface area contributed by atoms with Crippen LogP contribution in [0.25, 0.3) is 10.9 Å². The molecule has 5 N–H and O–H groups in total. The summed E-state index contributed by atoms with van der Waals surface area (Å²) < 4.78 is 5.15. The second-order valence-electron chi connectivity index (χ2n) is 3.53. The van der Waals surface area contributed by atoms with E-state index in [0.29, 0.717) is 17.0 Å². The third kappa shape index (κ3) is 1.51. The van der Waals surface area contributed by atoms with Gasteiger partial charge in [-0.05, 0) is 25.1 Å². The van der Waals surface area contributed by atoms with Gasteiger partial charge in [0.15, 0.2) is 0 Å². The van der Waals surface area contributed by atoms with Crippen molar-refractivity contribution in [3.8, 4) is 5.75 Å². The predicted octanol–water partition coefficient (Wildman–Crippen LogP) is 1.42. The molecule has 0 bridgehead atoms. The number of ether oxygens (including phenoxy) is 1. The van der Waals surface area contributed by atoms with Gasteiger partial charge in [0, 0.05) is 11.1 Å². The van der Waals surface area contributed by atoms with Crippen LogP contribution >= 0.6 is 0 Å². The van der Waals surface area contributed by atoms with E-state index in [1.165, 1.54) is 0 Å². The van der Waals surface area contributed by atoms with Crippen molar-refractivity contribution in [2.45, 2.75) is 6.92 Å². The molecule has 84 valence electrons. The van der Waals surface area contributed by atoms with Crippen molar-refractivity contribution >= 4 is 22.3 Å². The molecule has 5 nitrogen and oxygen atoms in total. The first kappa shape index (κ1) is 10.5. The minimum Gasteiger partial charge on any atom is -0.495 e. The number of nitrogen functional groups attached to an aromatic ring is 2. The average molecular weight is 218 g/mol. The molecule has 0 saturated heterocycles. The van der Waals surface area contributed by atoms with Gasteiger partial charge < -0.3 is 15.9 Å². The van der Waals surface area contributed by atoms with Gasteiger partial charge in [0.1, 0.15) is 11.4 Å². The highest BCUT2D eigenvalue weighted by Gasteiger charge is 2.09. The molecule has 0 aliphatic heterocycles. The van der Waals surface area contributed by atoms with E-state index < -0.39 is 0 Å². The van der Waals surface area contributed by atoms with Crippen molar-refractivity contribution in [1.82, 2.24) is 4.98 Å². The van der Waals surface area contributed by atoms with E-state index in [0.717, 1.165) is 16.8 Å². The first-order valence-electron chi connectivity index (χ1n) is 4.87. The number of hydrazine groups is 1. The summed E-state index contributed by atoms with van der Waals surface area (Å²) in [5.74, 6) is 6.07. The fourth-order valence-corrected chi connectivity index (χ4v) is 1.72. The minimum absolute atomic E-state index is 0.528. The summed E-state index contributed by atoms with van der Waals surface area (Å²) in [6.07, 6.45) is 0. The smallest absolute Gasteiger partial charge is 0.144 e. The SMILES string of the molecule is COc1ccc2c(NN)cc(C)nc2c1N. The number of aryl methyl sites for hydroxylation is 1. The summed E-state index contributed by atoms with van der Waals surface area (Å²) in [4.78, 5) is 4.39. The third-order valence-corrected chi connectivity index (χ3v) is 2.48. The molecule has 0 aliphatic rings. The van der Waals surface area contributed by atoms with E-state index >= 15 is 0 Å². The van der Waals surface area contributed by atoms with E-state index in [9.17, 15) is 0 Å². The van der Waals surface area contributed by atoms with Crippen LogP contribution in [0.3, 0.4) is 0 Å². The van der Waals surface area contributed by atoms with Crippen LogP contribution in [-0.2, 0) is 0 Å². The van der Waals surface area contributed by atoms with Gasteiger partial charge in [-0.25, -0.2) is 0 Å². The van der Waals surface area contributed by atoms with Crippen molar-refractivity contribution in [3.05, 3.63) is 23.9 Å². The van der Waals surface area contributed by atoms with Gasteiger partial charge in [-0.3, -0.25) is 10.8 Å². The molecule has 0 radical (unpaired) electrons. The number of aromatic nitrogens is 1. The fourth-order valence-electron chi connectivity index (χ4n) is 1.72. The van der Waals surface area contributed by atoms with Crippen molar-refractivity contribution < 1.29 is 4.74 Å². The number of rotatable bonds is 2. The number of nitrogens with zero attached hydrogens (tertiary/aromatic N) is 1. The number of benzene rings is 1. The maximum atomic E-state index is 5.97. The van der Waals surface area contributed by atoms with Crippen molar-refractivity contribution in [2.24, 2.45) is 5.84 Å².